The number of aromatic nitrogens is 4. The van der Waals surface area contributed by atoms with Crippen molar-refractivity contribution < 1.29 is 4.79 Å². The first-order valence-electron chi connectivity index (χ1n) is 7.49. The van der Waals surface area contributed by atoms with E-state index in [1.54, 1.807) is 17.5 Å². The molecule has 3 rings (SSSR count). The van der Waals surface area contributed by atoms with Gasteiger partial charge < -0.3 is 10.6 Å². The lowest BCUT2D eigenvalue weighted by molar-refractivity contribution is 0.0934. The molecule has 1 unspecified atom stereocenters. The number of carbonyl (C=O) groups excluding carboxylic acids is 1. The Kier molecular flexibility index (Phi) is 8.08. The van der Waals surface area contributed by atoms with Gasteiger partial charge in [-0.3, -0.25) is 4.79 Å². The molecule has 0 bridgehead atoms. The van der Waals surface area contributed by atoms with E-state index in [-0.39, 0.29) is 36.8 Å². The highest BCUT2D eigenvalue weighted by molar-refractivity contribution is 7.11. The van der Waals surface area contributed by atoms with Gasteiger partial charge in [-0.1, -0.05) is 5.21 Å². The molecule has 24 heavy (non-hydrogen) atoms. The fourth-order valence-electron chi connectivity index (χ4n) is 2.54. The van der Waals surface area contributed by atoms with Gasteiger partial charge in [-0.2, -0.15) is 0 Å². The molecule has 3 heterocycles. The molecule has 1 aliphatic heterocycles. The average Bonchev–Trinajstić information content (AvgIpc) is 3.17. The summed E-state index contributed by atoms with van der Waals surface area (Å²) < 4.78 is 1.81. The summed E-state index contributed by atoms with van der Waals surface area (Å²) in [4.78, 5) is 17.7. The summed E-state index contributed by atoms with van der Waals surface area (Å²) in [6, 6.07) is 0.199. The van der Waals surface area contributed by atoms with Crippen LogP contribution in [0.3, 0.4) is 0 Å². The van der Waals surface area contributed by atoms with Gasteiger partial charge in [0.2, 0.25) is 0 Å². The Hall–Kier alpha value is -1.22. The molecule has 0 saturated carbocycles. The zero-order chi connectivity index (χ0) is 15.5. The van der Waals surface area contributed by atoms with Crippen molar-refractivity contribution in [3.05, 3.63) is 28.0 Å². The van der Waals surface area contributed by atoms with Gasteiger partial charge in [-0.15, -0.1) is 41.2 Å². The molecule has 1 amide bonds. The SMILES string of the molecule is Cc1cnc(C(C)NC(=O)c2cn(C3CCNCC3)nn2)s1.Cl.Cl. The van der Waals surface area contributed by atoms with Crippen LogP contribution in [-0.4, -0.2) is 39.0 Å². The second kappa shape index (κ2) is 9.31. The number of amides is 1. The molecule has 0 aromatic carbocycles. The van der Waals surface area contributed by atoms with Gasteiger partial charge in [0.05, 0.1) is 18.3 Å². The summed E-state index contributed by atoms with van der Waals surface area (Å²) in [6.07, 6.45) is 5.58. The summed E-state index contributed by atoms with van der Waals surface area (Å²) in [7, 11) is 0. The Bertz CT molecular complexity index is 655. The Labute approximate surface area is 157 Å². The van der Waals surface area contributed by atoms with Crippen LogP contribution in [-0.2, 0) is 0 Å². The van der Waals surface area contributed by atoms with E-state index in [4.69, 9.17) is 0 Å². The van der Waals surface area contributed by atoms with Crippen LogP contribution in [0.5, 0.6) is 0 Å². The zero-order valence-electron chi connectivity index (χ0n) is 13.6. The highest BCUT2D eigenvalue weighted by Gasteiger charge is 2.20. The first-order valence-corrected chi connectivity index (χ1v) is 8.31. The maximum atomic E-state index is 12.3. The topological polar surface area (TPSA) is 84.7 Å². The Morgan fingerprint density at radius 2 is 2.12 bits per heavy atom. The molecular formula is C14H22Cl2N6OS. The molecule has 1 saturated heterocycles. The van der Waals surface area contributed by atoms with E-state index in [2.05, 4.69) is 25.9 Å². The third kappa shape index (κ3) is 4.89. The molecule has 2 aromatic rings. The van der Waals surface area contributed by atoms with Gasteiger partial charge in [-0.25, -0.2) is 9.67 Å². The molecule has 1 fully saturated rings. The van der Waals surface area contributed by atoms with E-state index in [9.17, 15) is 4.79 Å². The lowest BCUT2D eigenvalue weighted by Crippen LogP contribution is -2.29. The number of thiazole rings is 1. The predicted octanol–water partition coefficient (Wildman–Crippen LogP) is 2.30. The number of aryl methyl sites for hydroxylation is 1. The van der Waals surface area contributed by atoms with E-state index in [1.807, 2.05) is 24.7 Å². The summed E-state index contributed by atoms with van der Waals surface area (Å²) in [5.74, 6) is -0.208. The number of halogens is 2. The number of carbonyl (C=O) groups is 1. The minimum atomic E-state index is -0.208. The van der Waals surface area contributed by atoms with Crippen LogP contribution in [0.2, 0.25) is 0 Å². The minimum Gasteiger partial charge on any atom is -0.342 e. The highest BCUT2D eigenvalue weighted by Crippen LogP contribution is 2.20. The fraction of sp³-hybridized carbons (Fsp3) is 0.571. The lowest BCUT2D eigenvalue weighted by atomic mass is 10.1. The molecule has 2 N–H and O–H groups in total. The van der Waals surface area contributed by atoms with Gasteiger partial charge in [0, 0.05) is 11.1 Å². The van der Waals surface area contributed by atoms with E-state index >= 15 is 0 Å². The van der Waals surface area contributed by atoms with Gasteiger partial charge in [0.15, 0.2) is 5.69 Å². The predicted molar refractivity (Wildman–Crippen MR) is 98.4 cm³/mol. The molecule has 1 aliphatic rings. The molecule has 0 aliphatic carbocycles. The third-order valence-corrected chi connectivity index (χ3v) is 4.88. The van der Waals surface area contributed by atoms with Gasteiger partial charge >= 0.3 is 0 Å². The van der Waals surface area contributed by atoms with Crippen LogP contribution in [0.15, 0.2) is 12.4 Å². The molecule has 10 heteroatoms. The van der Waals surface area contributed by atoms with Gasteiger partial charge in [0.1, 0.15) is 5.01 Å². The van der Waals surface area contributed by atoms with Crippen molar-refractivity contribution in [2.75, 3.05) is 13.1 Å². The number of nitrogens with one attached hydrogen (secondary N) is 2. The van der Waals surface area contributed by atoms with Crippen LogP contribution >= 0.6 is 36.2 Å². The van der Waals surface area contributed by atoms with E-state index in [0.29, 0.717) is 11.7 Å². The second-order valence-corrected chi connectivity index (χ2v) is 6.84. The molecule has 7 nitrogen and oxygen atoms in total. The number of piperidine rings is 1. The van der Waals surface area contributed by atoms with Gasteiger partial charge in [0.25, 0.3) is 5.91 Å². The molecule has 0 spiro atoms. The number of rotatable bonds is 4. The number of hydrogen-bond donors (Lipinski definition) is 2. The first kappa shape index (κ1) is 20.8. The highest BCUT2D eigenvalue weighted by atomic mass is 35.5. The normalized spacial score (nSPS) is 15.9. The zero-order valence-corrected chi connectivity index (χ0v) is 16.0. The maximum absolute atomic E-state index is 12.3. The summed E-state index contributed by atoms with van der Waals surface area (Å²) >= 11 is 1.59. The van der Waals surface area contributed by atoms with Crippen molar-refractivity contribution >= 4 is 42.1 Å². The summed E-state index contributed by atoms with van der Waals surface area (Å²) in [5.41, 5.74) is 0.360. The third-order valence-electron chi connectivity index (χ3n) is 3.78. The minimum absolute atomic E-state index is 0. The largest absolute Gasteiger partial charge is 0.342 e. The molecule has 0 radical (unpaired) electrons. The first-order chi connectivity index (χ1) is 10.6. The number of nitrogens with zero attached hydrogens (tertiary/aromatic N) is 4. The molecule has 2 aromatic heterocycles. The standard InChI is InChI=1S/C14H20N6OS.2ClH/c1-9-7-16-14(22-9)10(2)17-13(21)12-8-20(19-18-12)11-3-5-15-6-4-11;;/h7-8,10-11,15H,3-6H2,1-2H3,(H,17,21);2*1H. The summed E-state index contributed by atoms with van der Waals surface area (Å²) in [5, 5.41) is 15.3. The molecule has 134 valence electrons. The van der Waals surface area contributed by atoms with Gasteiger partial charge in [-0.05, 0) is 39.8 Å². The van der Waals surface area contributed by atoms with Crippen LogP contribution in [0.4, 0.5) is 0 Å². The molecule has 1 atom stereocenters. The number of hydrogen-bond acceptors (Lipinski definition) is 6. The fourth-order valence-corrected chi connectivity index (χ4v) is 3.31. The van der Waals surface area contributed by atoms with Crippen molar-refractivity contribution in [2.45, 2.75) is 38.8 Å². The Balaban J connectivity index is 0.00000144. The van der Waals surface area contributed by atoms with Crippen molar-refractivity contribution in [1.29, 1.82) is 0 Å². The maximum Gasteiger partial charge on any atom is 0.274 e. The van der Waals surface area contributed by atoms with Crippen LogP contribution in [0.1, 0.15) is 52.2 Å². The quantitative estimate of drug-likeness (QED) is 0.833. The summed E-state index contributed by atoms with van der Waals surface area (Å²) in [6.45, 7) is 5.88. The van der Waals surface area contributed by atoms with Crippen LogP contribution < -0.4 is 10.6 Å². The van der Waals surface area contributed by atoms with Crippen molar-refractivity contribution in [2.24, 2.45) is 0 Å². The lowest BCUT2D eigenvalue weighted by Gasteiger charge is -2.22. The van der Waals surface area contributed by atoms with Crippen molar-refractivity contribution in [3.8, 4) is 0 Å². The smallest absolute Gasteiger partial charge is 0.274 e. The van der Waals surface area contributed by atoms with Crippen LogP contribution in [0.25, 0.3) is 0 Å². The Morgan fingerprint density at radius 1 is 1.42 bits per heavy atom. The van der Waals surface area contributed by atoms with Crippen molar-refractivity contribution in [3.63, 3.8) is 0 Å². The van der Waals surface area contributed by atoms with E-state index in [0.717, 1.165) is 35.8 Å². The van der Waals surface area contributed by atoms with E-state index in [1.165, 1.54) is 0 Å². The Morgan fingerprint density at radius 3 is 2.75 bits per heavy atom. The van der Waals surface area contributed by atoms with E-state index < -0.39 is 0 Å². The van der Waals surface area contributed by atoms with Crippen LogP contribution in [0, 0.1) is 6.92 Å². The average molecular weight is 393 g/mol. The monoisotopic (exact) mass is 392 g/mol. The van der Waals surface area contributed by atoms with Crippen molar-refractivity contribution in [1.82, 2.24) is 30.6 Å². The second-order valence-electron chi connectivity index (χ2n) is 5.57. The molecular weight excluding hydrogens is 371 g/mol.